The molecule has 0 bridgehead atoms. The fourth-order valence-corrected chi connectivity index (χ4v) is 2.61. The van der Waals surface area contributed by atoms with Crippen LogP contribution in [0.2, 0.25) is 0 Å². The summed E-state index contributed by atoms with van der Waals surface area (Å²) in [6, 6.07) is 0. The molecular weight excluding hydrogens is 206 g/mol. The minimum absolute atomic E-state index is 0.136. The van der Waals surface area contributed by atoms with Gasteiger partial charge in [-0.05, 0) is 31.7 Å². The monoisotopic (exact) mass is 227 g/mol. The Morgan fingerprint density at radius 1 is 1.44 bits per heavy atom. The van der Waals surface area contributed by atoms with Crippen molar-refractivity contribution in [3.8, 4) is 0 Å². The number of hydrogen-bond donors (Lipinski definition) is 1. The van der Waals surface area contributed by atoms with Crippen LogP contribution in [0.3, 0.4) is 0 Å². The van der Waals surface area contributed by atoms with Crippen molar-refractivity contribution in [1.82, 2.24) is 4.90 Å². The highest BCUT2D eigenvalue weighted by Crippen LogP contribution is 2.20. The SMILES string of the molecule is O=C(CN1CCC(CCO)C1)C1CCOC1. The van der Waals surface area contributed by atoms with Crippen molar-refractivity contribution in [2.75, 3.05) is 39.5 Å². The van der Waals surface area contributed by atoms with Gasteiger partial charge in [0, 0.05) is 25.7 Å². The second-order valence-electron chi connectivity index (χ2n) is 4.93. The third-order valence-electron chi connectivity index (χ3n) is 3.67. The molecule has 0 spiro atoms. The van der Waals surface area contributed by atoms with Crippen LogP contribution in [-0.2, 0) is 9.53 Å². The van der Waals surface area contributed by atoms with E-state index >= 15 is 0 Å². The lowest BCUT2D eigenvalue weighted by atomic mass is 10.0. The molecule has 0 radical (unpaired) electrons. The molecule has 2 fully saturated rings. The van der Waals surface area contributed by atoms with Gasteiger partial charge in [-0.1, -0.05) is 0 Å². The van der Waals surface area contributed by atoms with E-state index in [0.717, 1.165) is 39.0 Å². The van der Waals surface area contributed by atoms with Gasteiger partial charge in [-0.2, -0.15) is 0 Å². The number of carbonyl (C=O) groups excluding carboxylic acids is 1. The van der Waals surface area contributed by atoms with Crippen molar-refractivity contribution in [3.05, 3.63) is 0 Å². The average molecular weight is 227 g/mol. The zero-order valence-electron chi connectivity index (χ0n) is 9.73. The second kappa shape index (κ2) is 5.75. The number of aliphatic hydroxyl groups excluding tert-OH is 1. The predicted octanol–water partition coefficient (Wildman–Crippen LogP) is 0.296. The smallest absolute Gasteiger partial charge is 0.152 e. The van der Waals surface area contributed by atoms with Crippen LogP contribution in [0.5, 0.6) is 0 Å². The molecule has 2 aliphatic rings. The first-order chi connectivity index (χ1) is 7.79. The summed E-state index contributed by atoms with van der Waals surface area (Å²) in [6.45, 7) is 4.18. The third-order valence-corrected chi connectivity index (χ3v) is 3.67. The molecule has 16 heavy (non-hydrogen) atoms. The topological polar surface area (TPSA) is 49.8 Å². The van der Waals surface area contributed by atoms with Gasteiger partial charge in [-0.3, -0.25) is 9.69 Å². The zero-order chi connectivity index (χ0) is 11.4. The number of aliphatic hydroxyl groups is 1. The number of ether oxygens (including phenoxy) is 1. The van der Waals surface area contributed by atoms with E-state index in [1.54, 1.807) is 0 Å². The van der Waals surface area contributed by atoms with Crippen LogP contribution >= 0.6 is 0 Å². The molecule has 2 unspecified atom stereocenters. The average Bonchev–Trinajstić information content (AvgIpc) is 2.89. The largest absolute Gasteiger partial charge is 0.396 e. The Morgan fingerprint density at radius 2 is 2.31 bits per heavy atom. The first-order valence-electron chi connectivity index (χ1n) is 6.23. The lowest BCUT2D eigenvalue weighted by Crippen LogP contribution is -2.32. The van der Waals surface area contributed by atoms with E-state index in [4.69, 9.17) is 9.84 Å². The first kappa shape index (κ1) is 12.0. The van der Waals surface area contributed by atoms with E-state index in [0.29, 0.717) is 24.9 Å². The lowest BCUT2D eigenvalue weighted by molar-refractivity contribution is -0.123. The highest BCUT2D eigenvalue weighted by molar-refractivity contribution is 5.83. The first-order valence-corrected chi connectivity index (χ1v) is 6.23. The standard InChI is InChI=1S/C12H21NO3/c14-5-2-10-1-4-13(7-10)8-12(15)11-3-6-16-9-11/h10-11,14H,1-9H2. The van der Waals surface area contributed by atoms with Crippen molar-refractivity contribution >= 4 is 5.78 Å². The molecule has 0 amide bonds. The minimum Gasteiger partial charge on any atom is -0.396 e. The number of rotatable bonds is 5. The summed E-state index contributed by atoms with van der Waals surface area (Å²) in [5.41, 5.74) is 0. The summed E-state index contributed by atoms with van der Waals surface area (Å²) in [7, 11) is 0. The number of nitrogens with zero attached hydrogens (tertiary/aromatic N) is 1. The van der Waals surface area contributed by atoms with Gasteiger partial charge in [0.25, 0.3) is 0 Å². The van der Waals surface area contributed by atoms with Crippen molar-refractivity contribution in [1.29, 1.82) is 0 Å². The van der Waals surface area contributed by atoms with Gasteiger partial charge in [0.1, 0.15) is 0 Å². The molecule has 1 N–H and O–H groups in total. The molecule has 0 saturated carbocycles. The zero-order valence-corrected chi connectivity index (χ0v) is 9.73. The number of hydrogen-bond acceptors (Lipinski definition) is 4. The summed E-state index contributed by atoms with van der Waals surface area (Å²) < 4.78 is 5.23. The van der Waals surface area contributed by atoms with Crippen molar-refractivity contribution in [2.24, 2.45) is 11.8 Å². The molecule has 2 aliphatic heterocycles. The molecule has 4 heteroatoms. The second-order valence-corrected chi connectivity index (χ2v) is 4.93. The van der Waals surface area contributed by atoms with Gasteiger partial charge < -0.3 is 9.84 Å². The number of ketones is 1. The minimum atomic E-state index is 0.136. The normalized spacial score (nSPS) is 31.1. The van der Waals surface area contributed by atoms with Gasteiger partial charge in [0.2, 0.25) is 0 Å². The van der Waals surface area contributed by atoms with Crippen LogP contribution < -0.4 is 0 Å². The van der Waals surface area contributed by atoms with Crippen LogP contribution in [-0.4, -0.2) is 55.2 Å². The van der Waals surface area contributed by atoms with Gasteiger partial charge in [-0.15, -0.1) is 0 Å². The Kier molecular flexibility index (Phi) is 4.32. The van der Waals surface area contributed by atoms with E-state index in [1.165, 1.54) is 0 Å². The Hall–Kier alpha value is -0.450. The molecule has 2 rings (SSSR count). The van der Waals surface area contributed by atoms with Gasteiger partial charge in [0.15, 0.2) is 5.78 Å². The van der Waals surface area contributed by atoms with Crippen molar-refractivity contribution in [3.63, 3.8) is 0 Å². The molecular formula is C12H21NO3. The van der Waals surface area contributed by atoms with Crippen LogP contribution in [0.25, 0.3) is 0 Å². The van der Waals surface area contributed by atoms with Gasteiger partial charge >= 0.3 is 0 Å². The van der Waals surface area contributed by atoms with Crippen LogP contribution in [0.15, 0.2) is 0 Å². The molecule has 92 valence electrons. The maximum Gasteiger partial charge on any atom is 0.152 e. The molecule has 2 saturated heterocycles. The number of carbonyl (C=O) groups is 1. The fourth-order valence-electron chi connectivity index (χ4n) is 2.61. The molecule has 0 aromatic heterocycles. The Labute approximate surface area is 96.6 Å². The summed E-state index contributed by atoms with van der Waals surface area (Å²) in [5, 5.41) is 8.87. The van der Waals surface area contributed by atoms with E-state index in [-0.39, 0.29) is 12.5 Å². The Balaban J connectivity index is 1.71. The van der Waals surface area contributed by atoms with Crippen LogP contribution in [0, 0.1) is 11.8 Å². The summed E-state index contributed by atoms with van der Waals surface area (Å²) in [4.78, 5) is 14.1. The van der Waals surface area contributed by atoms with Crippen molar-refractivity contribution < 1.29 is 14.6 Å². The van der Waals surface area contributed by atoms with Crippen LogP contribution in [0.4, 0.5) is 0 Å². The third kappa shape index (κ3) is 3.03. The lowest BCUT2D eigenvalue weighted by Gasteiger charge is -2.16. The van der Waals surface area contributed by atoms with Crippen molar-refractivity contribution in [2.45, 2.75) is 19.3 Å². The van der Waals surface area contributed by atoms with E-state index in [2.05, 4.69) is 4.90 Å². The molecule has 2 atom stereocenters. The molecule has 0 aliphatic carbocycles. The van der Waals surface area contributed by atoms with E-state index < -0.39 is 0 Å². The Morgan fingerprint density at radius 3 is 3.00 bits per heavy atom. The highest BCUT2D eigenvalue weighted by atomic mass is 16.5. The quantitative estimate of drug-likeness (QED) is 0.734. The summed E-state index contributed by atoms with van der Waals surface area (Å²) >= 11 is 0. The molecule has 0 aromatic carbocycles. The molecule has 0 aromatic rings. The maximum absolute atomic E-state index is 11.9. The fraction of sp³-hybridized carbons (Fsp3) is 0.917. The van der Waals surface area contributed by atoms with Crippen LogP contribution in [0.1, 0.15) is 19.3 Å². The number of Topliss-reactive ketones (excluding diaryl/α,β-unsaturated/α-hetero) is 1. The van der Waals surface area contributed by atoms with Gasteiger partial charge in [0.05, 0.1) is 13.2 Å². The maximum atomic E-state index is 11.9. The Bertz CT molecular complexity index is 238. The summed E-state index contributed by atoms with van der Waals surface area (Å²) in [5.74, 6) is 1.05. The van der Waals surface area contributed by atoms with E-state index in [1.807, 2.05) is 0 Å². The number of likely N-dealkylation sites (tertiary alicyclic amines) is 1. The highest BCUT2D eigenvalue weighted by Gasteiger charge is 2.28. The summed E-state index contributed by atoms with van der Waals surface area (Å²) in [6.07, 6.45) is 2.89. The van der Waals surface area contributed by atoms with E-state index in [9.17, 15) is 4.79 Å². The molecule has 2 heterocycles. The molecule has 4 nitrogen and oxygen atoms in total. The predicted molar refractivity (Wildman–Crippen MR) is 60.2 cm³/mol. The van der Waals surface area contributed by atoms with Gasteiger partial charge in [-0.25, -0.2) is 0 Å².